The zero-order valence-corrected chi connectivity index (χ0v) is 24.5. The Morgan fingerprint density at radius 1 is 0.814 bits per heavy atom. The summed E-state index contributed by atoms with van der Waals surface area (Å²) in [6, 6.07) is 28.4. The van der Waals surface area contributed by atoms with Gasteiger partial charge < -0.3 is 20.7 Å². The quantitative estimate of drug-likeness (QED) is 0.0865. The molecule has 3 amide bonds. The molecule has 0 aromatic heterocycles. The molecule has 0 saturated carbocycles. The molecule has 4 aromatic carbocycles. The lowest BCUT2D eigenvalue weighted by molar-refractivity contribution is -0.114. The van der Waals surface area contributed by atoms with Crippen LogP contribution in [-0.4, -0.2) is 30.1 Å². The van der Waals surface area contributed by atoms with Gasteiger partial charge in [-0.2, -0.15) is 0 Å². The maximum atomic E-state index is 13.4. The van der Waals surface area contributed by atoms with Crippen LogP contribution in [0, 0.1) is 5.82 Å². The van der Waals surface area contributed by atoms with Crippen LogP contribution < -0.4 is 20.7 Å². The molecule has 0 fully saturated rings. The Morgan fingerprint density at radius 2 is 1.47 bits per heavy atom. The minimum absolute atomic E-state index is 0.00358. The van der Waals surface area contributed by atoms with Gasteiger partial charge in [-0.05, 0) is 90.9 Å². The van der Waals surface area contributed by atoms with E-state index in [4.69, 9.17) is 4.74 Å². The van der Waals surface area contributed by atoms with Crippen molar-refractivity contribution < 1.29 is 23.5 Å². The van der Waals surface area contributed by atoms with Crippen molar-refractivity contribution in [2.75, 3.05) is 23.0 Å². The van der Waals surface area contributed by atoms with Gasteiger partial charge in [-0.1, -0.05) is 43.7 Å². The molecular formula is C34H32FN3O4S. The molecule has 9 heteroatoms. The fourth-order valence-electron chi connectivity index (χ4n) is 3.82. The molecule has 43 heavy (non-hydrogen) atoms. The molecule has 0 saturated heterocycles. The van der Waals surface area contributed by atoms with Gasteiger partial charge >= 0.3 is 0 Å². The molecule has 0 atom stereocenters. The Hall–Kier alpha value is -4.89. The zero-order valence-electron chi connectivity index (χ0n) is 23.6. The third kappa shape index (κ3) is 10.2. The van der Waals surface area contributed by atoms with Crippen LogP contribution in [0.2, 0.25) is 0 Å². The Morgan fingerprint density at radius 3 is 2.14 bits per heavy atom. The average Bonchev–Trinajstić information content (AvgIpc) is 3.03. The van der Waals surface area contributed by atoms with Crippen molar-refractivity contribution in [3.63, 3.8) is 0 Å². The van der Waals surface area contributed by atoms with E-state index in [2.05, 4.69) is 22.9 Å². The predicted octanol–water partition coefficient (Wildman–Crippen LogP) is 7.15. The van der Waals surface area contributed by atoms with Gasteiger partial charge in [0, 0.05) is 21.8 Å². The summed E-state index contributed by atoms with van der Waals surface area (Å²) in [5.41, 5.74) is 2.12. The highest BCUT2D eigenvalue weighted by atomic mass is 32.2. The standard InChI is InChI=1S/C34H32FN3O4S/c1-2-3-21-42-29-17-13-27(14-18-29)36-32(39)23-43-30-19-15-28(16-20-30)37-34(41)31(22-24-9-11-26(35)12-10-24)38-33(40)25-7-5-4-6-8-25/h4-20,22H,2-3,21,23H2,1H3,(H,36,39)(H,37,41)(H,38,40)/b31-22-. The highest BCUT2D eigenvalue weighted by Gasteiger charge is 2.15. The van der Waals surface area contributed by atoms with E-state index in [-0.39, 0.29) is 17.4 Å². The molecule has 0 spiro atoms. The summed E-state index contributed by atoms with van der Waals surface area (Å²) in [6.45, 7) is 2.77. The van der Waals surface area contributed by atoms with E-state index in [1.807, 2.05) is 24.3 Å². The van der Waals surface area contributed by atoms with Gasteiger partial charge in [-0.15, -0.1) is 11.8 Å². The molecule has 0 bridgehead atoms. The Balaban J connectivity index is 1.33. The summed E-state index contributed by atoms with van der Waals surface area (Å²) in [4.78, 5) is 39.2. The summed E-state index contributed by atoms with van der Waals surface area (Å²) in [6.07, 6.45) is 3.53. The van der Waals surface area contributed by atoms with E-state index in [0.717, 1.165) is 23.5 Å². The summed E-state index contributed by atoms with van der Waals surface area (Å²) >= 11 is 1.36. The lowest BCUT2D eigenvalue weighted by Crippen LogP contribution is -2.30. The third-order valence-electron chi connectivity index (χ3n) is 6.10. The van der Waals surface area contributed by atoms with Crippen molar-refractivity contribution in [1.29, 1.82) is 0 Å². The number of thioether (sulfide) groups is 1. The molecule has 7 nitrogen and oxygen atoms in total. The smallest absolute Gasteiger partial charge is 0.272 e. The van der Waals surface area contributed by atoms with Crippen LogP contribution in [-0.2, 0) is 9.59 Å². The van der Waals surface area contributed by atoms with Crippen LogP contribution in [0.15, 0.2) is 114 Å². The molecule has 0 aliphatic carbocycles. The van der Waals surface area contributed by atoms with Gasteiger partial charge in [0.2, 0.25) is 5.91 Å². The van der Waals surface area contributed by atoms with Crippen molar-refractivity contribution in [2.24, 2.45) is 0 Å². The lowest BCUT2D eigenvalue weighted by Gasteiger charge is -2.12. The number of carbonyl (C=O) groups excluding carboxylic acids is 3. The summed E-state index contributed by atoms with van der Waals surface area (Å²) in [7, 11) is 0. The van der Waals surface area contributed by atoms with Crippen LogP contribution in [0.3, 0.4) is 0 Å². The third-order valence-corrected chi connectivity index (χ3v) is 7.11. The van der Waals surface area contributed by atoms with E-state index in [9.17, 15) is 18.8 Å². The van der Waals surface area contributed by atoms with Crippen LogP contribution in [0.1, 0.15) is 35.7 Å². The van der Waals surface area contributed by atoms with Gasteiger partial charge in [0.1, 0.15) is 17.3 Å². The van der Waals surface area contributed by atoms with Crippen molar-refractivity contribution in [1.82, 2.24) is 5.32 Å². The molecule has 220 valence electrons. The monoisotopic (exact) mass is 597 g/mol. The second-order valence-corrected chi connectivity index (χ2v) is 10.5. The first-order valence-electron chi connectivity index (χ1n) is 13.8. The van der Waals surface area contributed by atoms with Gasteiger partial charge in [0.15, 0.2) is 0 Å². The number of ether oxygens (including phenoxy) is 1. The molecular weight excluding hydrogens is 565 g/mol. The number of unbranched alkanes of at least 4 members (excludes halogenated alkanes) is 1. The minimum atomic E-state index is -0.546. The van der Waals surface area contributed by atoms with Crippen molar-refractivity contribution in [3.05, 3.63) is 126 Å². The molecule has 0 aliphatic rings. The van der Waals surface area contributed by atoms with E-state index in [0.29, 0.717) is 29.1 Å². The minimum Gasteiger partial charge on any atom is -0.494 e. The Labute approximate surface area is 254 Å². The SMILES string of the molecule is CCCCOc1ccc(NC(=O)CSc2ccc(NC(=O)/C(=C/c3ccc(F)cc3)NC(=O)c3ccccc3)cc2)cc1. The maximum absolute atomic E-state index is 13.4. The van der Waals surface area contributed by atoms with Crippen molar-refractivity contribution in [3.8, 4) is 5.75 Å². The fraction of sp³-hybridized carbons (Fsp3) is 0.147. The van der Waals surface area contributed by atoms with E-state index in [1.165, 1.54) is 42.1 Å². The number of anilines is 2. The number of carbonyl (C=O) groups is 3. The summed E-state index contributed by atoms with van der Waals surface area (Å²) in [5, 5.41) is 8.31. The highest BCUT2D eigenvalue weighted by molar-refractivity contribution is 8.00. The second kappa shape index (κ2) is 15.9. The number of amides is 3. The first-order valence-corrected chi connectivity index (χ1v) is 14.8. The molecule has 0 aliphatic heterocycles. The molecule has 4 rings (SSSR count). The van der Waals surface area contributed by atoms with Gasteiger partial charge in [0.05, 0.1) is 12.4 Å². The summed E-state index contributed by atoms with van der Waals surface area (Å²) < 4.78 is 19.0. The number of nitrogens with one attached hydrogen (secondary N) is 3. The van der Waals surface area contributed by atoms with Crippen LogP contribution >= 0.6 is 11.8 Å². The molecule has 4 aromatic rings. The van der Waals surface area contributed by atoms with Gasteiger partial charge in [0.25, 0.3) is 11.8 Å². The molecule has 0 radical (unpaired) electrons. The number of benzene rings is 4. The average molecular weight is 598 g/mol. The van der Waals surface area contributed by atoms with E-state index < -0.39 is 17.6 Å². The lowest BCUT2D eigenvalue weighted by atomic mass is 10.1. The molecule has 0 unspecified atom stereocenters. The van der Waals surface area contributed by atoms with Crippen molar-refractivity contribution >= 4 is 46.9 Å². The van der Waals surface area contributed by atoms with Crippen LogP contribution in [0.5, 0.6) is 5.75 Å². The zero-order chi connectivity index (χ0) is 30.4. The Bertz CT molecular complexity index is 1540. The first kappa shape index (κ1) is 31.1. The predicted molar refractivity (Wildman–Crippen MR) is 170 cm³/mol. The number of rotatable bonds is 13. The number of hydrogen-bond donors (Lipinski definition) is 3. The van der Waals surface area contributed by atoms with Crippen molar-refractivity contribution in [2.45, 2.75) is 24.7 Å². The molecule has 0 heterocycles. The van der Waals surface area contributed by atoms with Gasteiger partial charge in [-0.25, -0.2) is 4.39 Å². The number of halogens is 1. The normalized spacial score (nSPS) is 11.0. The summed E-state index contributed by atoms with van der Waals surface area (Å²) in [5.74, 6) is -0.581. The van der Waals surface area contributed by atoms with Crippen LogP contribution in [0.25, 0.3) is 6.08 Å². The second-order valence-electron chi connectivity index (χ2n) is 9.47. The largest absolute Gasteiger partial charge is 0.494 e. The van der Waals surface area contributed by atoms with Gasteiger partial charge in [-0.3, -0.25) is 14.4 Å². The van der Waals surface area contributed by atoms with E-state index >= 15 is 0 Å². The maximum Gasteiger partial charge on any atom is 0.272 e. The fourth-order valence-corrected chi connectivity index (χ4v) is 4.51. The van der Waals surface area contributed by atoms with E-state index in [1.54, 1.807) is 54.6 Å². The topological polar surface area (TPSA) is 96.5 Å². The highest BCUT2D eigenvalue weighted by Crippen LogP contribution is 2.22. The number of hydrogen-bond acceptors (Lipinski definition) is 5. The first-order chi connectivity index (χ1) is 20.9. The Kier molecular flexibility index (Phi) is 11.5. The van der Waals surface area contributed by atoms with Crippen LogP contribution in [0.4, 0.5) is 15.8 Å². The molecule has 3 N–H and O–H groups in total.